The Morgan fingerprint density at radius 3 is 1.63 bits per heavy atom. The van der Waals surface area contributed by atoms with E-state index in [1.54, 1.807) is 14.2 Å². The molecule has 148 valence electrons. The maximum absolute atomic E-state index is 5.45. The summed E-state index contributed by atoms with van der Waals surface area (Å²) in [4.78, 5) is 0. The van der Waals surface area contributed by atoms with Crippen LogP contribution in [0.4, 0.5) is 0 Å². The Hall–Kier alpha value is -1.96. The van der Waals surface area contributed by atoms with Crippen LogP contribution in [0.2, 0.25) is 0 Å². The molecule has 0 radical (unpaired) electrons. The zero-order valence-corrected chi connectivity index (χ0v) is 17.8. The number of hydrogen-bond donors (Lipinski definition) is 0. The number of methoxy groups -OCH3 is 2. The van der Waals surface area contributed by atoms with Gasteiger partial charge in [-0.3, -0.25) is 0 Å². The Bertz CT molecular complexity index is 652. The third-order valence-electron chi connectivity index (χ3n) is 5.49. The summed E-state index contributed by atoms with van der Waals surface area (Å²) in [6, 6.07) is 13.3. The van der Waals surface area contributed by atoms with Crippen LogP contribution in [0.25, 0.3) is 0 Å². The third-order valence-corrected chi connectivity index (χ3v) is 5.49. The Kier molecular flexibility index (Phi) is 8.71. The molecule has 2 heteroatoms. The van der Waals surface area contributed by atoms with E-state index in [0.29, 0.717) is 5.92 Å². The topological polar surface area (TPSA) is 18.5 Å². The van der Waals surface area contributed by atoms with Gasteiger partial charge in [-0.2, -0.15) is 0 Å². The maximum atomic E-state index is 5.45. The first kappa shape index (κ1) is 21.3. The molecule has 2 rings (SSSR count). The first-order valence-corrected chi connectivity index (χ1v) is 10.4. The number of ether oxygens (including phenoxy) is 2. The van der Waals surface area contributed by atoms with Crippen LogP contribution in [0.1, 0.15) is 80.0 Å². The molecule has 2 aromatic rings. The summed E-state index contributed by atoms with van der Waals surface area (Å²) in [6.45, 7) is 6.53. The lowest BCUT2D eigenvalue weighted by Crippen LogP contribution is -2.04. The van der Waals surface area contributed by atoms with Gasteiger partial charge in [0.15, 0.2) is 0 Å². The fourth-order valence-corrected chi connectivity index (χ4v) is 3.89. The van der Waals surface area contributed by atoms with E-state index in [4.69, 9.17) is 9.47 Å². The lowest BCUT2D eigenvalue weighted by Gasteiger charge is -2.21. The summed E-state index contributed by atoms with van der Waals surface area (Å²) in [6.07, 6.45) is 9.15. The SMILES string of the molecule is CCCCCCCCC(c1ccc(OC)c(C)c1)c1ccc(OC)c(C)c1. The van der Waals surface area contributed by atoms with Gasteiger partial charge in [-0.1, -0.05) is 69.7 Å². The zero-order valence-electron chi connectivity index (χ0n) is 17.8. The van der Waals surface area contributed by atoms with Crippen molar-refractivity contribution in [2.75, 3.05) is 14.2 Å². The minimum Gasteiger partial charge on any atom is -0.496 e. The molecule has 0 aliphatic rings. The van der Waals surface area contributed by atoms with Crippen molar-refractivity contribution in [1.29, 1.82) is 0 Å². The van der Waals surface area contributed by atoms with Gasteiger partial charge in [-0.05, 0) is 54.7 Å². The van der Waals surface area contributed by atoms with Crippen LogP contribution in [-0.2, 0) is 0 Å². The van der Waals surface area contributed by atoms with Crippen molar-refractivity contribution in [1.82, 2.24) is 0 Å². The fourth-order valence-electron chi connectivity index (χ4n) is 3.89. The van der Waals surface area contributed by atoms with Crippen molar-refractivity contribution in [2.45, 2.75) is 71.6 Å². The van der Waals surface area contributed by atoms with Crippen molar-refractivity contribution in [2.24, 2.45) is 0 Å². The van der Waals surface area contributed by atoms with E-state index in [-0.39, 0.29) is 0 Å². The third kappa shape index (κ3) is 6.02. The average Bonchev–Trinajstić information content (AvgIpc) is 2.67. The molecule has 0 saturated carbocycles. The minimum absolute atomic E-state index is 0.422. The van der Waals surface area contributed by atoms with Crippen molar-refractivity contribution >= 4 is 0 Å². The van der Waals surface area contributed by atoms with Crippen molar-refractivity contribution in [3.63, 3.8) is 0 Å². The van der Waals surface area contributed by atoms with Gasteiger partial charge in [0.05, 0.1) is 14.2 Å². The first-order valence-electron chi connectivity index (χ1n) is 10.4. The van der Waals surface area contributed by atoms with Crippen LogP contribution in [0.15, 0.2) is 36.4 Å². The lowest BCUT2D eigenvalue weighted by atomic mass is 9.85. The van der Waals surface area contributed by atoms with E-state index < -0.39 is 0 Å². The second-order valence-electron chi connectivity index (χ2n) is 7.57. The van der Waals surface area contributed by atoms with Gasteiger partial charge in [0.1, 0.15) is 11.5 Å². The maximum Gasteiger partial charge on any atom is 0.121 e. The van der Waals surface area contributed by atoms with Crippen molar-refractivity contribution in [3.05, 3.63) is 58.7 Å². The second-order valence-corrected chi connectivity index (χ2v) is 7.57. The molecule has 0 fully saturated rings. The second kappa shape index (κ2) is 11.0. The molecule has 0 saturated heterocycles. The van der Waals surface area contributed by atoms with Gasteiger partial charge in [-0.25, -0.2) is 0 Å². The molecule has 0 amide bonds. The van der Waals surface area contributed by atoms with Crippen molar-refractivity contribution in [3.8, 4) is 11.5 Å². The van der Waals surface area contributed by atoms with Gasteiger partial charge in [0.25, 0.3) is 0 Å². The Labute approximate surface area is 165 Å². The van der Waals surface area contributed by atoms with E-state index in [0.717, 1.165) is 11.5 Å². The van der Waals surface area contributed by atoms with Gasteiger partial charge in [0, 0.05) is 5.92 Å². The predicted molar refractivity (Wildman–Crippen MR) is 115 cm³/mol. The summed E-state index contributed by atoms with van der Waals surface area (Å²) in [7, 11) is 3.48. The number of aryl methyl sites for hydroxylation is 2. The number of hydrogen-bond acceptors (Lipinski definition) is 2. The van der Waals surface area contributed by atoms with Gasteiger partial charge in [-0.15, -0.1) is 0 Å². The minimum atomic E-state index is 0.422. The number of rotatable bonds is 11. The highest BCUT2D eigenvalue weighted by Gasteiger charge is 2.16. The van der Waals surface area contributed by atoms with Crippen LogP contribution < -0.4 is 9.47 Å². The normalized spacial score (nSPS) is 11.0. The molecule has 0 aliphatic heterocycles. The number of benzene rings is 2. The van der Waals surface area contributed by atoms with Crippen LogP contribution >= 0.6 is 0 Å². The number of unbranched alkanes of at least 4 members (excludes halogenated alkanes) is 5. The first-order chi connectivity index (χ1) is 13.1. The highest BCUT2D eigenvalue weighted by molar-refractivity contribution is 5.44. The smallest absolute Gasteiger partial charge is 0.121 e. The van der Waals surface area contributed by atoms with Gasteiger partial charge in [0.2, 0.25) is 0 Å². The van der Waals surface area contributed by atoms with E-state index in [2.05, 4.69) is 57.2 Å². The highest BCUT2D eigenvalue weighted by Crippen LogP contribution is 2.34. The largest absolute Gasteiger partial charge is 0.496 e. The Morgan fingerprint density at radius 2 is 1.19 bits per heavy atom. The van der Waals surface area contributed by atoms with Crippen molar-refractivity contribution < 1.29 is 9.47 Å². The van der Waals surface area contributed by atoms with E-state index in [1.807, 2.05) is 0 Å². The summed E-state index contributed by atoms with van der Waals surface area (Å²) >= 11 is 0. The summed E-state index contributed by atoms with van der Waals surface area (Å²) in [5, 5.41) is 0. The lowest BCUT2D eigenvalue weighted by molar-refractivity contribution is 0.411. The predicted octanol–water partition coefficient (Wildman–Crippen LogP) is 7.20. The van der Waals surface area contributed by atoms with Crippen LogP contribution in [0.3, 0.4) is 0 Å². The molecule has 0 aliphatic carbocycles. The van der Waals surface area contributed by atoms with Gasteiger partial charge >= 0.3 is 0 Å². The summed E-state index contributed by atoms with van der Waals surface area (Å²) < 4.78 is 10.9. The average molecular weight is 369 g/mol. The van der Waals surface area contributed by atoms with E-state index in [9.17, 15) is 0 Å². The molecule has 2 aromatic carbocycles. The van der Waals surface area contributed by atoms with E-state index >= 15 is 0 Å². The van der Waals surface area contributed by atoms with E-state index in [1.165, 1.54) is 67.2 Å². The highest BCUT2D eigenvalue weighted by atomic mass is 16.5. The zero-order chi connectivity index (χ0) is 19.6. The van der Waals surface area contributed by atoms with Gasteiger partial charge < -0.3 is 9.47 Å². The summed E-state index contributed by atoms with van der Waals surface area (Å²) in [5.74, 6) is 2.34. The standard InChI is InChI=1S/C25H36O2/c1-6-7-8-9-10-11-12-23(21-13-15-24(26-4)19(2)17-21)22-14-16-25(27-5)20(3)18-22/h13-18,23H,6-12H2,1-5H3. The molecule has 0 aromatic heterocycles. The molecule has 0 unspecified atom stereocenters. The molecule has 0 atom stereocenters. The monoisotopic (exact) mass is 368 g/mol. The molecule has 27 heavy (non-hydrogen) atoms. The molecular formula is C25H36O2. The quantitative estimate of drug-likeness (QED) is 0.390. The van der Waals surface area contributed by atoms with Crippen LogP contribution in [0.5, 0.6) is 11.5 Å². The Balaban J connectivity index is 2.20. The fraction of sp³-hybridized carbons (Fsp3) is 0.520. The molecule has 2 nitrogen and oxygen atoms in total. The van der Waals surface area contributed by atoms with Crippen LogP contribution in [-0.4, -0.2) is 14.2 Å². The summed E-state index contributed by atoms with van der Waals surface area (Å²) in [5.41, 5.74) is 5.17. The Morgan fingerprint density at radius 1 is 0.704 bits per heavy atom. The molecule has 0 heterocycles. The van der Waals surface area contributed by atoms with Crippen LogP contribution in [0, 0.1) is 13.8 Å². The molecular weight excluding hydrogens is 332 g/mol. The molecule has 0 N–H and O–H groups in total. The molecule has 0 spiro atoms. The molecule has 0 bridgehead atoms.